The maximum atomic E-state index is 13.5. The lowest BCUT2D eigenvalue weighted by atomic mass is 9.78. The molecule has 2 aromatic heterocycles. The minimum atomic E-state index is -0.768. The summed E-state index contributed by atoms with van der Waals surface area (Å²) in [5.74, 6) is -1.37. The first-order valence-electron chi connectivity index (χ1n) is 25.4. The third-order valence-corrected chi connectivity index (χ3v) is 15.7. The number of hydrogen-bond donors (Lipinski definition) is 3. The number of carboxylic acid groups (broad SMARTS) is 1. The SMILES string of the molecule is CCOC(=O)C1CC2CCCC(C1)N2C(=O)c1cc2n(n1)CCCNC2.NCc1cc(Cl)cc(Cl)c1.O=C(O)C1CC2CCCC(C1)N2C(=O)c1cc2n(n1)CCCN(C(=O)CCc1cc(Cl)cc(Cl)c1)C2. The van der Waals surface area contributed by atoms with Crippen molar-refractivity contribution in [3.8, 4) is 0 Å². The Morgan fingerprint density at radius 3 is 1.69 bits per heavy atom. The minimum Gasteiger partial charge on any atom is -0.481 e. The molecule has 0 spiro atoms. The van der Waals surface area contributed by atoms with Gasteiger partial charge in [-0.25, -0.2) is 0 Å². The van der Waals surface area contributed by atoms with Crippen LogP contribution >= 0.6 is 46.4 Å². The summed E-state index contributed by atoms with van der Waals surface area (Å²) < 4.78 is 9.04. The third kappa shape index (κ3) is 13.1. The molecular formula is C52H65Cl4N9O7. The number of carboxylic acids is 1. The van der Waals surface area contributed by atoms with Crippen LogP contribution in [0.15, 0.2) is 48.5 Å². The molecule has 4 aromatic rings. The zero-order valence-corrected chi connectivity index (χ0v) is 43.8. The van der Waals surface area contributed by atoms with Crippen molar-refractivity contribution in [3.05, 3.63) is 103 Å². The molecule has 4 saturated heterocycles. The Kier molecular flexibility index (Phi) is 18.3. The number of esters is 1. The number of halogens is 4. The fourth-order valence-electron chi connectivity index (χ4n) is 11.5. The summed E-state index contributed by atoms with van der Waals surface area (Å²) in [6.07, 6.45) is 10.9. The third-order valence-electron chi connectivity index (χ3n) is 14.8. The standard InChI is InChI=1S/C26H30Cl2N4O4.C19H28N4O3.C7H7Cl2N/c27-18-9-16(10-19(28)13-18)5-6-24(33)30-7-2-8-31-22(15-30)14-23(29-31)25(34)32-20-3-1-4-21(32)12-17(11-20)26(35)36;1-2-26-19(25)13-9-14-5-3-6-15(10-13)23(14)18(24)17-11-16-12-20-7-4-8-22(16)21-17;8-6-1-5(4-10)2-7(9)3-6/h9-10,13-14,17,20-21H,1-8,11-12,15H2,(H,35,36);11,13-15,20H,2-10,12H2,1H3;1-3H,4,10H2. The van der Waals surface area contributed by atoms with Gasteiger partial charge in [0.2, 0.25) is 5.91 Å². The van der Waals surface area contributed by atoms with E-state index in [2.05, 4.69) is 15.5 Å². The van der Waals surface area contributed by atoms with E-state index in [0.29, 0.717) is 89.9 Å². The molecule has 6 aliphatic heterocycles. The first kappa shape index (κ1) is 53.6. The normalized spacial score (nSPS) is 23.4. The van der Waals surface area contributed by atoms with Crippen molar-refractivity contribution in [3.63, 3.8) is 0 Å². The zero-order chi connectivity index (χ0) is 51.1. The number of nitrogens with zero attached hydrogens (tertiary/aromatic N) is 7. The number of fused-ring (bicyclic) bond motifs is 6. The molecule has 4 atom stereocenters. The Bertz CT molecular complexity index is 2520. The van der Waals surface area contributed by atoms with Gasteiger partial charge in [-0.05, 0) is 157 Å². The second kappa shape index (κ2) is 24.5. The quantitative estimate of drug-likeness (QED) is 0.136. The van der Waals surface area contributed by atoms with Crippen molar-refractivity contribution >= 4 is 76.1 Å². The Hall–Kier alpha value is -4.71. The molecule has 16 nitrogen and oxygen atoms in total. The molecule has 3 amide bonds. The van der Waals surface area contributed by atoms with Gasteiger partial charge in [0.05, 0.1) is 36.4 Å². The number of nitrogens with two attached hydrogens (primary N) is 1. The molecule has 10 rings (SSSR count). The second-order valence-electron chi connectivity index (χ2n) is 19.8. The largest absolute Gasteiger partial charge is 0.481 e. The molecule has 0 saturated carbocycles. The van der Waals surface area contributed by atoms with Crippen molar-refractivity contribution in [2.45, 2.75) is 154 Å². The van der Waals surface area contributed by atoms with Crippen molar-refractivity contribution in [1.82, 2.24) is 39.6 Å². The van der Waals surface area contributed by atoms with Gasteiger partial charge in [-0.2, -0.15) is 10.2 Å². The van der Waals surface area contributed by atoms with Crippen molar-refractivity contribution < 1.29 is 33.8 Å². The highest BCUT2D eigenvalue weighted by Crippen LogP contribution is 2.40. The predicted octanol–water partition coefficient (Wildman–Crippen LogP) is 8.58. The van der Waals surface area contributed by atoms with Gasteiger partial charge in [0.1, 0.15) is 0 Å². The van der Waals surface area contributed by atoms with Gasteiger partial charge in [-0.1, -0.05) is 46.4 Å². The first-order valence-corrected chi connectivity index (χ1v) is 27.0. The van der Waals surface area contributed by atoms with Gasteiger partial charge < -0.3 is 35.6 Å². The smallest absolute Gasteiger partial charge is 0.309 e. The lowest BCUT2D eigenvalue weighted by Crippen LogP contribution is -2.55. The number of hydrogen-bond acceptors (Lipinski definition) is 10. The number of carbonyl (C=O) groups excluding carboxylic acids is 4. The summed E-state index contributed by atoms with van der Waals surface area (Å²) >= 11 is 23.5. The zero-order valence-electron chi connectivity index (χ0n) is 40.8. The molecule has 0 radical (unpaired) electrons. The topological polar surface area (TPSA) is 198 Å². The molecule has 388 valence electrons. The number of rotatable bonds is 9. The number of aromatic nitrogens is 4. The van der Waals surface area contributed by atoms with Crippen LogP contribution in [0.5, 0.6) is 0 Å². The highest BCUT2D eigenvalue weighted by Gasteiger charge is 2.45. The van der Waals surface area contributed by atoms with E-state index >= 15 is 0 Å². The molecule has 4 unspecified atom stereocenters. The molecule has 0 aliphatic carbocycles. The number of piperidine rings is 4. The minimum absolute atomic E-state index is 0.0302. The van der Waals surface area contributed by atoms with Gasteiger partial charge >= 0.3 is 11.9 Å². The second-order valence-corrected chi connectivity index (χ2v) is 21.5. The van der Waals surface area contributed by atoms with Crippen LogP contribution in [-0.2, 0) is 58.3 Å². The van der Waals surface area contributed by atoms with Crippen molar-refractivity contribution in [1.29, 1.82) is 0 Å². The van der Waals surface area contributed by atoms with Crippen molar-refractivity contribution in [2.24, 2.45) is 17.6 Å². The van der Waals surface area contributed by atoms with Gasteiger partial charge in [0.15, 0.2) is 11.4 Å². The number of benzene rings is 2. The number of amides is 3. The molecular weight excluding hydrogens is 1000 g/mol. The molecule has 4 fully saturated rings. The average molecular weight is 1070 g/mol. The van der Waals surface area contributed by atoms with Gasteiger partial charge in [-0.3, -0.25) is 33.3 Å². The Morgan fingerprint density at radius 1 is 0.667 bits per heavy atom. The van der Waals surface area contributed by atoms with Crippen LogP contribution in [-0.4, -0.2) is 113 Å². The number of ether oxygens (including phenoxy) is 1. The molecule has 20 heteroatoms. The summed E-state index contributed by atoms with van der Waals surface area (Å²) in [7, 11) is 0. The fourth-order valence-corrected chi connectivity index (χ4v) is 12.6. The van der Waals surface area contributed by atoms with E-state index in [4.69, 9.17) is 56.9 Å². The lowest BCUT2D eigenvalue weighted by Gasteiger charge is -2.48. The summed E-state index contributed by atoms with van der Waals surface area (Å²) in [5.41, 5.74) is 10.1. The average Bonchev–Trinajstić information content (AvgIpc) is 3.79. The number of nitrogens with one attached hydrogen (secondary N) is 1. The van der Waals surface area contributed by atoms with E-state index in [1.54, 1.807) is 24.3 Å². The highest BCUT2D eigenvalue weighted by atomic mass is 35.5. The van der Waals surface area contributed by atoms with E-state index in [1.165, 1.54) is 0 Å². The Balaban J connectivity index is 0.000000167. The lowest BCUT2D eigenvalue weighted by molar-refractivity contribution is -0.151. The van der Waals surface area contributed by atoms with E-state index in [0.717, 1.165) is 106 Å². The van der Waals surface area contributed by atoms with E-state index < -0.39 is 5.97 Å². The van der Waals surface area contributed by atoms with Crippen LogP contribution in [0.1, 0.15) is 134 Å². The molecule has 6 aliphatic rings. The first-order chi connectivity index (χ1) is 34.7. The maximum Gasteiger partial charge on any atom is 0.309 e. The van der Waals surface area contributed by atoms with Gasteiger partial charge in [-0.15, -0.1) is 0 Å². The summed E-state index contributed by atoms with van der Waals surface area (Å²) in [5, 5.41) is 24.5. The van der Waals surface area contributed by atoms with Crippen LogP contribution in [0.4, 0.5) is 0 Å². The summed E-state index contributed by atoms with van der Waals surface area (Å²) in [6, 6.07) is 14.5. The Labute approximate surface area is 440 Å². The highest BCUT2D eigenvalue weighted by molar-refractivity contribution is 6.35. The number of carbonyl (C=O) groups is 5. The summed E-state index contributed by atoms with van der Waals surface area (Å²) in [6.45, 7) is 7.02. The van der Waals surface area contributed by atoms with E-state index in [9.17, 15) is 29.1 Å². The molecule has 4 N–H and O–H groups in total. The van der Waals surface area contributed by atoms with E-state index in [1.807, 2.05) is 55.3 Å². The number of aryl methyl sites for hydroxylation is 3. The van der Waals surface area contributed by atoms with Crippen LogP contribution in [0.2, 0.25) is 20.1 Å². The Morgan fingerprint density at radius 2 is 1.17 bits per heavy atom. The molecule has 2 aromatic carbocycles. The van der Waals surface area contributed by atoms with E-state index in [-0.39, 0.29) is 59.7 Å². The fraction of sp³-hybridized carbons (Fsp3) is 0.558. The predicted molar refractivity (Wildman–Crippen MR) is 275 cm³/mol. The van der Waals surface area contributed by atoms with Gasteiger partial charge in [0.25, 0.3) is 11.8 Å². The van der Waals surface area contributed by atoms with Crippen LogP contribution < -0.4 is 11.1 Å². The van der Waals surface area contributed by atoms with Crippen LogP contribution in [0.25, 0.3) is 0 Å². The number of aliphatic carboxylic acids is 1. The molecule has 72 heavy (non-hydrogen) atoms. The van der Waals surface area contributed by atoms with Gasteiger partial charge in [0, 0.05) is 83.4 Å². The van der Waals surface area contributed by atoms with Crippen LogP contribution in [0.3, 0.4) is 0 Å². The summed E-state index contributed by atoms with van der Waals surface area (Å²) in [4.78, 5) is 69.3. The van der Waals surface area contributed by atoms with Crippen molar-refractivity contribution in [2.75, 3.05) is 19.7 Å². The maximum absolute atomic E-state index is 13.5. The monoisotopic (exact) mass is 1070 g/mol. The van der Waals surface area contributed by atoms with Crippen LogP contribution in [0, 0.1) is 11.8 Å². The molecule has 8 heterocycles. The molecule has 4 bridgehead atoms.